The van der Waals surface area contributed by atoms with E-state index in [1.165, 1.54) is 12.1 Å². The Labute approximate surface area is 149 Å². The molecule has 1 unspecified atom stereocenters. The van der Waals surface area contributed by atoms with Crippen LogP contribution >= 0.6 is 11.6 Å². The molecule has 0 radical (unpaired) electrons. The molecule has 0 aliphatic carbocycles. The highest BCUT2D eigenvalue weighted by Crippen LogP contribution is 2.24. The Morgan fingerprint density at radius 2 is 2.04 bits per heavy atom. The minimum Gasteiger partial charge on any atom is -0.345 e. The van der Waals surface area contributed by atoms with Gasteiger partial charge in [0, 0.05) is 12.7 Å². The van der Waals surface area contributed by atoms with Gasteiger partial charge in [0.15, 0.2) is 5.65 Å². The Bertz CT molecular complexity index is 983. The van der Waals surface area contributed by atoms with E-state index in [0.717, 1.165) is 22.3 Å². The molecule has 1 aromatic carbocycles. The van der Waals surface area contributed by atoms with Gasteiger partial charge in [0.1, 0.15) is 5.82 Å². The van der Waals surface area contributed by atoms with Gasteiger partial charge in [-0.3, -0.25) is 9.48 Å². The topological polar surface area (TPSA) is 59.8 Å². The van der Waals surface area contributed by atoms with Crippen LogP contribution < -0.4 is 5.32 Å². The van der Waals surface area contributed by atoms with Crippen LogP contribution in [0.25, 0.3) is 11.0 Å². The number of aryl methyl sites for hydroxylation is 3. The summed E-state index contributed by atoms with van der Waals surface area (Å²) in [6, 6.07) is 5.84. The fourth-order valence-corrected chi connectivity index (χ4v) is 3.08. The number of carbonyl (C=O) groups is 1. The highest BCUT2D eigenvalue weighted by molar-refractivity contribution is 6.30. The van der Waals surface area contributed by atoms with Gasteiger partial charge in [-0.1, -0.05) is 17.7 Å². The lowest BCUT2D eigenvalue weighted by molar-refractivity contribution is 0.0941. The van der Waals surface area contributed by atoms with Gasteiger partial charge in [-0.05, 0) is 44.5 Å². The molecule has 0 fully saturated rings. The zero-order chi connectivity index (χ0) is 18.3. The Hall–Kier alpha value is -2.47. The average Bonchev–Trinajstić information content (AvgIpc) is 2.83. The maximum atomic E-state index is 13.3. The number of fused-ring (bicyclic) bond motifs is 1. The first kappa shape index (κ1) is 17.4. The summed E-state index contributed by atoms with van der Waals surface area (Å²) < 4.78 is 15.0. The van der Waals surface area contributed by atoms with E-state index in [1.54, 1.807) is 23.9 Å². The molecule has 2 aromatic heterocycles. The van der Waals surface area contributed by atoms with Gasteiger partial charge in [0.2, 0.25) is 0 Å². The van der Waals surface area contributed by atoms with Crippen LogP contribution in [0.3, 0.4) is 0 Å². The lowest BCUT2D eigenvalue weighted by Crippen LogP contribution is -2.27. The molecule has 1 N–H and O–H groups in total. The number of aromatic nitrogens is 3. The van der Waals surface area contributed by atoms with Gasteiger partial charge >= 0.3 is 0 Å². The first-order valence-electron chi connectivity index (χ1n) is 7.84. The summed E-state index contributed by atoms with van der Waals surface area (Å²) in [5, 5.41) is 8.04. The van der Waals surface area contributed by atoms with Crippen LogP contribution in [-0.4, -0.2) is 20.7 Å². The molecule has 1 atom stereocenters. The van der Waals surface area contributed by atoms with Crippen molar-refractivity contribution in [3.05, 3.63) is 57.6 Å². The largest absolute Gasteiger partial charge is 0.345 e. The van der Waals surface area contributed by atoms with Crippen LogP contribution in [0, 0.1) is 19.7 Å². The van der Waals surface area contributed by atoms with Crippen molar-refractivity contribution >= 4 is 28.5 Å². The Balaban J connectivity index is 1.96. The molecule has 0 bridgehead atoms. The van der Waals surface area contributed by atoms with E-state index in [4.69, 9.17) is 11.6 Å². The first-order chi connectivity index (χ1) is 11.8. The van der Waals surface area contributed by atoms with E-state index in [2.05, 4.69) is 15.4 Å². The van der Waals surface area contributed by atoms with Crippen LogP contribution in [0.2, 0.25) is 5.02 Å². The maximum Gasteiger partial charge on any atom is 0.252 e. The van der Waals surface area contributed by atoms with Crippen molar-refractivity contribution in [2.45, 2.75) is 26.8 Å². The van der Waals surface area contributed by atoms with Crippen molar-refractivity contribution in [3.63, 3.8) is 0 Å². The van der Waals surface area contributed by atoms with E-state index in [9.17, 15) is 9.18 Å². The quantitative estimate of drug-likeness (QED) is 0.771. The van der Waals surface area contributed by atoms with Crippen molar-refractivity contribution in [3.8, 4) is 0 Å². The molecule has 0 saturated carbocycles. The molecule has 1 amide bonds. The van der Waals surface area contributed by atoms with Gasteiger partial charge in [-0.25, -0.2) is 9.37 Å². The fourth-order valence-electron chi connectivity index (χ4n) is 2.89. The molecule has 25 heavy (non-hydrogen) atoms. The number of carbonyl (C=O) groups excluding carboxylic acids is 1. The van der Waals surface area contributed by atoms with Gasteiger partial charge in [0.25, 0.3) is 5.91 Å². The highest BCUT2D eigenvalue weighted by atomic mass is 35.5. The summed E-state index contributed by atoms with van der Waals surface area (Å²) >= 11 is 5.83. The molecule has 7 heteroatoms. The van der Waals surface area contributed by atoms with Crippen LogP contribution in [0.15, 0.2) is 24.3 Å². The van der Waals surface area contributed by atoms with Crippen molar-refractivity contribution in [2.75, 3.05) is 0 Å². The monoisotopic (exact) mass is 360 g/mol. The summed E-state index contributed by atoms with van der Waals surface area (Å²) in [5.74, 6) is -0.721. The van der Waals surface area contributed by atoms with Crippen molar-refractivity contribution in [1.29, 1.82) is 0 Å². The lowest BCUT2D eigenvalue weighted by atomic mass is 10.1. The van der Waals surface area contributed by atoms with Gasteiger partial charge < -0.3 is 5.32 Å². The fraction of sp³-hybridized carbons (Fsp3) is 0.278. The minimum absolute atomic E-state index is 0.0313. The minimum atomic E-state index is -0.485. The first-order valence-corrected chi connectivity index (χ1v) is 8.22. The summed E-state index contributed by atoms with van der Waals surface area (Å²) in [6.07, 6.45) is 0. The molecular weight excluding hydrogens is 343 g/mol. The summed E-state index contributed by atoms with van der Waals surface area (Å²) in [6.45, 7) is 5.50. The molecule has 0 aliphatic rings. The second-order valence-electron chi connectivity index (χ2n) is 6.09. The van der Waals surface area contributed by atoms with E-state index in [-0.39, 0.29) is 17.0 Å². The third kappa shape index (κ3) is 3.22. The standard InChI is InChI=1S/C18H18ClFN4O/c1-9-7-13(16-11(3)23-24(4)17(16)21-9)18(25)22-10(2)12-5-6-15(20)14(19)8-12/h5-8,10H,1-4H3,(H,22,25). The summed E-state index contributed by atoms with van der Waals surface area (Å²) in [4.78, 5) is 17.3. The molecule has 0 spiro atoms. The van der Waals surface area contributed by atoms with E-state index in [1.807, 2.05) is 20.8 Å². The second-order valence-corrected chi connectivity index (χ2v) is 6.49. The van der Waals surface area contributed by atoms with Crippen LogP contribution in [0.4, 0.5) is 4.39 Å². The Kier molecular flexibility index (Phi) is 4.47. The SMILES string of the molecule is Cc1cc(C(=O)NC(C)c2ccc(F)c(Cl)c2)c2c(C)nn(C)c2n1. The third-order valence-electron chi connectivity index (χ3n) is 4.13. The van der Waals surface area contributed by atoms with E-state index in [0.29, 0.717) is 11.2 Å². The van der Waals surface area contributed by atoms with Gasteiger partial charge in [0.05, 0.1) is 27.7 Å². The summed E-state index contributed by atoms with van der Waals surface area (Å²) in [7, 11) is 1.80. The number of benzene rings is 1. The van der Waals surface area contributed by atoms with Crippen molar-refractivity contribution in [1.82, 2.24) is 20.1 Å². The molecule has 130 valence electrons. The van der Waals surface area contributed by atoms with Crippen molar-refractivity contribution in [2.24, 2.45) is 7.05 Å². The van der Waals surface area contributed by atoms with Gasteiger partial charge in [-0.15, -0.1) is 0 Å². The predicted molar refractivity (Wildman–Crippen MR) is 95.3 cm³/mol. The smallest absolute Gasteiger partial charge is 0.252 e. The zero-order valence-corrected chi connectivity index (χ0v) is 15.1. The number of amides is 1. The number of nitrogens with zero attached hydrogens (tertiary/aromatic N) is 3. The lowest BCUT2D eigenvalue weighted by Gasteiger charge is -2.15. The maximum absolute atomic E-state index is 13.3. The summed E-state index contributed by atoms with van der Waals surface area (Å²) in [5.41, 5.74) is 3.39. The molecule has 5 nitrogen and oxygen atoms in total. The van der Waals surface area contributed by atoms with Crippen LogP contribution in [0.1, 0.15) is 40.3 Å². The van der Waals surface area contributed by atoms with E-state index >= 15 is 0 Å². The second kappa shape index (κ2) is 6.44. The number of pyridine rings is 1. The van der Waals surface area contributed by atoms with Crippen LogP contribution in [0.5, 0.6) is 0 Å². The normalized spacial score (nSPS) is 12.4. The highest BCUT2D eigenvalue weighted by Gasteiger charge is 2.19. The molecule has 0 saturated heterocycles. The predicted octanol–water partition coefficient (Wildman–Crippen LogP) is 3.87. The molecule has 3 aromatic rings. The average molecular weight is 361 g/mol. The number of hydrogen-bond donors (Lipinski definition) is 1. The number of rotatable bonds is 3. The molecular formula is C18H18ClFN4O. The molecule has 2 heterocycles. The number of hydrogen-bond acceptors (Lipinski definition) is 3. The van der Waals surface area contributed by atoms with E-state index < -0.39 is 5.82 Å². The number of halogens is 2. The Morgan fingerprint density at radius 1 is 1.32 bits per heavy atom. The zero-order valence-electron chi connectivity index (χ0n) is 14.4. The number of nitrogens with one attached hydrogen (secondary N) is 1. The Morgan fingerprint density at radius 3 is 2.72 bits per heavy atom. The van der Waals surface area contributed by atoms with Crippen molar-refractivity contribution < 1.29 is 9.18 Å². The third-order valence-corrected chi connectivity index (χ3v) is 4.42. The molecule has 3 rings (SSSR count). The van der Waals surface area contributed by atoms with Crippen LogP contribution in [-0.2, 0) is 7.05 Å². The molecule has 0 aliphatic heterocycles. The van der Waals surface area contributed by atoms with Gasteiger partial charge in [-0.2, -0.15) is 5.10 Å².